The minimum Gasteiger partial charge on any atom is -0.456 e. The fourth-order valence-electron chi connectivity index (χ4n) is 3.04. The molecule has 0 amide bonds. The monoisotopic (exact) mass is 537 g/mol. The third kappa shape index (κ3) is 5.02. The number of rotatable bonds is 3. The third-order valence-electron chi connectivity index (χ3n) is 4.44. The van der Waals surface area contributed by atoms with Crippen LogP contribution in [0.4, 0.5) is 13.2 Å². The van der Waals surface area contributed by atoms with Gasteiger partial charge in [0.05, 0.1) is 11.3 Å². The molecule has 1 atom stereocenters. The van der Waals surface area contributed by atoms with E-state index in [1.54, 1.807) is 20.8 Å². The highest BCUT2D eigenvalue weighted by atomic mass is 79.9. The van der Waals surface area contributed by atoms with E-state index >= 15 is 0 Å². The van der Waals surface area contributed by atoms with Gasteiger partial charge < -0.3 is 9.57 Å². The van der Waals surface area contributed by atoms with Crippen LogP contribution >= 0.6 is 39.1 Å². The van der Waals surface area contributed by atoms with Crippen molar-refractivity contribution in [2.75, 3.05) is 0 Å². The number of carbonyl (C=O) groups excluding carboxylic acids is 1. The summed E-state index contributed by atoms with van der Waals surface area (Å²) in [4.78, 5) is 17.3. The maximum Gasteiger partial charge on any atom is 0.435 e. The zero-order valence-electron chi connectivity index (χ0n) is 16.6. The molecule has 1 heterocycles. The van der Waals surface area contributed by atoms with Crippen molar-refractivity contribution in [2.45, 2.75) is 44.6 Å². The van der Waals surface area contributed by atoms with Gasteiger partial charge in [-0.1, -0.05) is 34.4 Å². The van der Waals surface area contributed by atoms with Gasteiger partial charge in [0.25, 0.3) is 5.60 Å². The van der Waals surface area contributed by atoms with Gasteiger partial charge in [0.2, 0.25) is 0 Å². The summed E-state index contributed by atoms with van der Waals surface area (Å²) in [5, 5.41) is 3.81. The maximum absolute atomic E-state index is 14.1. The molecule has 4 nitrogen and oxygen atoms in total. The Balaban J connectivity index is 1.94. The average Bonchev–Trinajstić information content (AvgIpc) is 3.06. The summed E-state index contributed by atoms with van der Waals surface area (Å²) in [6.45, 7) is 5.20. The lowest BCUT2D eigenvalue weighted by Crippen LogP contribution is -2.42. The van der Waals surface area contributed by atoms with Crippen molar-refractivity contribution >= 4 is 50.8 Å². The summed E-state index contributed by atoms with van der Waals surface area (Å²) in [6, 6.07) is 8.09. The predicted molar refractivity (Wildman–Crippen MR) is 116 cm³/mol. The lowest BCUT2D eigenvalue weighted by Gasteiger charge is -2.29. The Bertz CT molecular complexity index is 1050. The molecule has 0 spiro atoms. The summed E-state index contributed by atoms with van der Waals surface area (Å²) in [6.07, 6.45) is -5.38. The lowest BCUT2D eigenvalue weighted by atomic mass is 9.86. The van der Waals surface area contributed by atoms with Crippen LogP contribution in [-0.2, 0) is 15.2 Å². The minimum absolute atomic E-state index is 0.0487. The van der Waals surface area contributed by atoms with Crippen LogP contribution in [0.5, 0.6) is 0 Å². The quantitative estimate of drug-likeness (QED) is 0.385. The van der Waals surface area contributed by atoms with Crippen LogP contribution in [0.15, 0.2) is 46.0 Å². The Labute approximate surface area is 195 Å². The topological polar surface area (TPSA) is 47.9 Å². The molecule has 0 bridgehead atoms. The summed E-state index contributed by atoms with van der Waals surface area (Å²) in [5.41, 5.74) is -3.01. The van der Waals surface area contributed by atoms with Gasteiger partial charge in [0, 0.05) is 32.1 Å². The molecular weight excluding hydrogens is 522 g/mol. The first-order valence-electron chi connectivity index (χ1n) is 9.03. The van der Waals surface area contributed by atoms with Crippen molar-refractivity contribution < 1.29 is 27.5 Å². The summed E-state index contributed by atoms with van der Waals surface area (Å²) < 4.78 is 48.0. The van der Waals surface area contributed by atoms with Crippen LogP contribution < -0.4 is 0 Å². The van der Waals surface area contributed by atoms with E-state index in [-0.39, 0.29) is 26.9 Å². The Morgan fingerprint density at radius 1 is 1.13 bits per heavy atom. The van der Waals surface area contributed by atoms with Gasteiger partial charge in [0.15, 0.2) is 0 Å². The van der Waals surface area contributed by atoms with Crippen LogP contribution in [0.25, 0.3) is 0 Å². The van der Waals surface area contributed by atoms with Crippen molar-refractivity contribution in [3.05, 3.63) is 67.6 Å². The van der Waals surface area contributed by atoms with Gasteiger partial charge in [-0.15, -0.1) is 0 Å². The second kappa shape index (κ2) is 8.30. The molecule has 2 aromatic carbocycles. The molecule has 0 N–H and O–H groups in total. The number of hydrogen-bond donors (Lipinski definition) is 0. The van der Waals surface area contributed by atoms with Crippen LogP contribution in [0.2, 0.25) is 10.0 Å². The first-order valence-corrected chi connectivity index (χ1v) is 10.6. The largest absolute Gasteiger partial charge is 0.456 e. The van der Waals surface area contributed by atoms with E-state index in [2.05, 4.69) is 21.1 Å². The van der Waals surface area contributed by atoms with Crippen molar-refractivity contribution in [3.63, 3.8) is 0 Å². The van der Waals surface area contributed by atoms with Gasteiger partial charge in [0.1, 0.15) is 5.60 Å². The minimum atomic E-state index is -4.79. The van der Waals surface area contributed by atoms with E-state index in [0.29, 0.717) is 10.0 Å². The molecule has 0 saturated heterocycles. The van der Waals surface area contributed by atoms with Crippen LogP contribution in [-0.4, -0.2) is 23.5 Å². The number of hydrogen-bond acceptors (Lipinski definition) is 4. The molecule has 1 unspecified atom stereocenters. The van der Waals surface area contributed by atoms with Gasteiger partial charge in [-0.2, -0.15) is 13.2 Å². The fourth-order valence-corrected chi connectivity index (χ4v) is 4.11. The summed E-state index contributed by atoms with van der Waals surface area (Å²) >= 11 is 15.1. The Morgan fingerprint density at radius 2 is 1.74 bits per heavy atom. The van der Waals surface area contributed by atoms with Crippen molar-refractivity contribution in [1.82, 2.24) is 0 Å². The number of benzene rings is 2. The first kappa shape index (κ1) is 23.9. The molecule has 0 aromatic heterocycles. The van der Waals surface area contributed by atoms with E-state index in [9.17, 15) is 18.0 Å². The highest BCUT2D eigenvalue weighted by Crippen LogP contribution is 2.49. The fraction of sp³-hybridized carbons (Fsp3) is 0.333. The normalized spacial score (nSPS) is 19.1. The van der Waals surface area contributed by atoms with Gasteiger partial charge in [-0.3, -0.25) is 0 Å². The highest BCUT2D eigenvalue weighted by Gasteiger charge is 2.62. The number of oxime groups is 1. The number of carbonyl (C=O) groups is 1. The second-order valence-electron chi connectivity index (χ2n) is 7.99. The molecule has 3 rings (SSSR count). The number of esters is 1. The molecule has 0 fully saturated rings. The Morgan fingerprint density at radius 3 is 2.26 bits per heavy atom. The number of alkyl halides is 3. The second-order valence-corrected chi connectivity index (χ2v) is 9.71. The highest BCUT2D eigenvalue weighted by molar-refractivity contribution is 9.10. The Kier molecular flexibility index (Phi) is 6.39. The lowest BCUT2D eigenvalue weighted by molar-refractivity contribution is -0.275. The van der Waals surface area contributed by atoms with Gasteiger partial charge in [-0.05, 0) is 67.0 Å². The first-order chi connectivity index (χ1) is 14.2. The molecule has 166 valence electrons. The zero-order chi connectivity index (χ0) is 23.2. The smallest absolute Gasteiger partial charge is 0.435 e. The standard InChI is InChI=1S/C21H17BrCl2F3NO3/c1-19(2,3)30-18(29)15-5-4-11(6-16(15)22)17-10-20(31-28-17,21(25,26)27)12-7-13(23)9-14(24)8-12/h4-9H,10H2,1-3H3. The van der Waals surface area contributed by atoms with E-state index < -0.39 is 29.8 Å². The molecule has 1 aliphatic rings. The van der Waals surface area contributed by atoms with Crippen LogP contribution in [0, 0.1) is 0 Å². The van der Waals surface area contributed by atoms with Crippen LogP contribution in [0.1, 0.15) is 48.7 Å². The third-order valence-corrected chi connectivity index (χ3v) is 5.53. The maximum atomic E-state index is 14.1. The summed E-state index contributed by atoms with van der Waals surface area (Å²) in [7, 11) is 0. The van der Waals surface area contributed by atoms with Crippen molar-refractivity contribution in [1.29, 1.82) is 0 Å². The van der Waals surface area contributed by atoms with Crippen molar-refractivity contribution in [3.8, 4) is 0 Å². The zero-order valence-corrected chi connectivity index (χ0v) is 19.7. The molecule has 0 saturated carbocycles. The van der Waals surface area contributed by atoms with E-state index in [4.69, 9.17) is 32.8 Å². The van der Waals surface area contributed by atoms with E-state index in [0.717, 1.165) is 12.1 Å². The molecule has 0 aliphatic carbocycles. The summed E-state index contributed by atoms with van der Waals surface area (Å²) in [5.74, 6) is -0.561. The molecule has 1 aliphatic heterocycles. The van der Waals surface area contributed by atoms with E-state index in [1.165, 1.54) is 24.3 Å². The molecule has 10 heteroatoms. The van der Waals surface area contributed by atoms with Crippen molar-refractivity contribution in [2.24, 2.45) is 5.16 Å². The number of halogens is 6. The number of nitrogens with zero attached hydrogens (tertiary/aromatic N) is 1. The average molecular weight is 539 g/mol. The Hall–Kier alpha value is -1.77. The molecule has 0 radical (unpaired) electrons. The van der Waals surface area contributed by atoms with E-state index in [1.807, 2.05) is 0 Å². The van der Waals surface area contributed by atoms with Gasteiger partial charge in [-0.25, -0.2) is 4.79 Å². The molecule has 2 aromatic rings. The predicted octanol–water partition coefficient (Wildman–Crippen LogP) is 7.29. The van der Waals surface area contributed by atoms with Crippen LogP contribution in [0.3, 0.4) is 0 Å². The molecule has 31 heavy (non-hydrogen) atoms. The molecular formula is C21H17BrCl2F3NO3. The number of ether oxygens (including phenoxy) is 1. The van der Waals surface area contributed by atoms with Gasteiger partial charge >= 0.3 is 12.1 Å². The SMILES string of the molecule is CC(C)(C)OC(=O)c1ccc(C2=NOC(c3cc(Cl)cc(Cl)c3)(C(F)(F)F)C2)cc1Br.